The number of anilines is 1. The van der Waals surface area contributed by atoms with Gasteiger partial charge in [-0.1, -0.05) is 0 Å². The van der Waals surface area contributed by atoms with Gasteiger partial charge in [-0.2, -0.15) is 16.6 Å². The van der Waals surface area contributed by atoms with Crippen LogP contribution in [-0.4, -0.2) is 19.1 Å². The Bertz CT molecular complexity index is 402. The lowest BCUT2D eigenvalue weighted by atomic mass is 9.81. The maximum Gasteiger partial charge on any atom is 0.245 e. The van der Waals surface area contributed by atoms with Gasteiger partial charge in [0.05, 0.1) is 11.8 Å². The predicted octanol–water partition coefficient (Wildman–Crippen LogP) is 2.01. The van der Waals surface area contributed by atoms with Gasteiger partial charge in [-0.3, -0.25) is 4.79 Å². The summed E-state index contributed by atoms with van der Waals surface area (Å²) in [6.07, 6.45) is 0.943. The van der Waals surface area contributed by atoms with Crippen molar-refractivity contribution in [2.45, 2.75) is 12.8 Å². The van der Waals surface area contributed by atoms with Gasteiger partial charge in [-0.25, -0.2) is 0 Å². The van der Waals surface area contributed by atoms with Gasteiger partial charge in [0, 0.05) is 18.6 Å². The lowest BCUT2D eigenvalue weighted by molar-refractivity contribution is -0.126. The minimum atomic E-state index is -0.916. The molecule has 1 saturated heterocycles. The van der Waals surface area contributed by atoms with Gasteiger partial charge < -0.3 is 10.1 Å². The zero-order chi connectivity index (χ0) is 11.4. The highest BCUT2D eigenvalue weighted by Crippen LogP contribution is 2.31. The number of carbonyl (C=O) groups is 1. The lowest BCUT2D eigenvalue weighted by Gasteiger charge is -2.28. The molecule has 0 saturated carbocycles. The van der Waals surface area contributed by atoms with Gasteiger partial charge >= 0.3 is 0 Å². The van der Waals surface area contributed by atoms with Crippen molar-refractivity contribution >= 4 is 22.9 Å². The van der Waals surface area contributed by atoms with E-state index in [-0.39, 0.29) is 5.91 Å². The molecule has 2 rings (SSSR count). The van der Waals surface area contributed by atoms with Crippen LogP contribution in [0.4, 0.5) is 5.69 Å². The van der Waals surface area contributed by atoms with Crippen molar-refractivity contribution in [3.8, 4) is 6.07 Å². The van der Waals surface area contributed by atoms with Crippen LogP contribution < -0.4 is 5.32 Å². The van der Waals surface area contributed by atoms with E-state index in [2.05, 4.69) is 11.4 Å². The summed E-state index contributed by atoms with van der Waals surface area (Å²) in [6, 6.07) is 3.97. The molecular formula is C11H12N2O2S. The number of hydrogen-bond acceptors (Lipinski definition) is 4. The summed E-state index contributed by atoms with van der Waals surface area (Å²) in [6.45, 7) is 0.954. The fourth-order valence-electron chi connectivity index (χ4n) is 1.70. The predicted molar refractivity (Wildman–Crippen MR) is 61.0 cm³/mol. The molecule has 2 heterocycles. The molecule has 0 radical (unpaired) electrons. The highest BCUT2D eigenvalue weighted by molar-refractivity contribution is 7.08. The monoisotopic (exact) mass is 236 g/mol. The van der Waals surface area contributed by atoms with E-state index in [9.17, 15) is 10.1 Å². The van der Waals surface area contributed by atoms with Crippen LogP contribution in [0.2, 0.25) is 0 Å². The SMILES string of the molecule is N#CC1(C(=O)Nc2ccsc2)CCOCC1. The Balaban J connectivity index is 2.10. The summed E-state index contributed by atoms with van der Waals surface area (Å²) >= 11 is 1.51. The smallest absolute Gasteiger partial charge is 0.245 e. The summed E-state index contributed by atoms with van der Waals surface area (Å²) in [5.74, 6) is -0.211. The number of nitriles is 1. The number of nitrogens with one attached hydrogen (secondary N) is 1. The second-order valence-electron chi connectivity index (χ2n) is 3.77. The molecule has 1 N–H and O–H groups in total. The van der Waals surface area contributed by atoms with Crippen LogP contribution in [0.1, 0.15) is 12.8 Å². The zero-order valence-corrected chi connectivity index (χ0v) is 9.55. The van der Waals surface area contributed by atoms with E-state index < -0.39 is 5.41 Å². The van der Waals surface area contributed by atoms with Crippen LogP contribution in [0, 0.1) is 16.7 Å². The first kappa shape index (κ1) is 11.1. The first-order chi connectivity index (χ1) is 7.77. The molecule has 1 aliphatic heterocycles. The average molecular weight is 236 g/mol. The van der Waals surface area contributed by atoms with Gasteiger partial charge in [0.15, 0.2) is 0 Å². The molecule has 0 bridgehead atoms. The van der Waals surface area contributed by atoms with E-state index in [0.717, 1.165) is 5.69 Å². The van der Waals surface area contributed by atoms with Crippen molar-refractivity contribution in [3.63, 3.8) is 0 Å². The molecule has 5 heteroatoms. The lowest BCUT2D eigenvalue weighted by Crippen LogP contribution is -2.39. The number of ether oxygens (including phenoxy) is 1. The molecule has 1 amide bonds. The molecule has 4 nitrogen and oxygen atoms in total. The van der Waals surface area contributed by atoms with Gasteiger partial charge in [0.2, 0.25) is 5.91 Å². The maximum absolute atomic E-state index is 12.0. The standard InChI is InChI=1S/C11H12N2O2S/c12-8-11(2-4-15-5-3-11)10(14)13-9-1-6-16-7-9/h1,6-7H,2-5H2,(H,13,14). The molecule has 0 spiro atoms. The van der Waals surface area contributed by atoms with Crippen molar-refractivity contribution < 1.29 is 9.53 Å². The van der Waals surface area contributed by atoms with Crippen LogP contribution in [0.15, 0.2) is 16.8 Å². The van der Waals surface area contributed by atoms with Crippen molar-refractivity contribution in [2.24, 2.45) is 5.41 Å². The number of carbonyl (C=O) groups excluding carboxylic acids is 1. The molecule has 0 atom stereocenters. The Morgan fingerprint density at radius 2 is 2.31 bits per heavy atom. The molecule has 1 aromatic heterocycles. The van der Waals surface area contributed by atoms with Gasteiger partial charge in [-0.05, 0) is 24.3 Å². The van der Waals surface area contributed by atoms with E-state index in [1.807, 2.05) is 16.8 Å². The van der Waals surface area contributed by atoms with Gasteiger partial charge in [0.1, 0.15) is 5.41 Å². The second-order valence-corrected chi connectivity index (χ2v) is 4.55. The molecule has 0 aliphatic carbocycles. The third-order valence-corrected chi connectivity index (χ3v) is 3.46. The number of thiophene rings is 1. The summed E-state index contributed by atoms with van der Waals surface area (Å²) in [4.78, 5) is 12.0. The highest BCUT2D eigenvalue weighted by Gasteiger charge is 2.40. The van der Waals surface area contributed by atoms with Crippen molar-refractivity contribution in [2.75, 3.05) is 18.5 Å². The van der Waals surface area contributed by atoms with Crippen LogP contribution in [0.3, 0.4) is 0 Å². The number of amides is 1. The van der Waals surface area contributed by atoms with E-state index in [1.54, 1.807) is 0 Å². The molecule has 84 valence electrons. The first-order valence-electron chi connectivity index (χ1n) is 5.09. The molecule has 16 heavy (non-hydrogen) atoms. The van der Waals surface area contributed by atoms with E-state index in [1.165, 1.54) is 11.3 Å². The van der Waals surface area contributed by atoms with E-state index in [0.29, 0.717) is 26.1 Å². The molecule has 0 unspecified atom stereocenters. The number of nitrogens with zero attached hydrogens (tertiary/aromatic N) is 1. The number of hydrogen-bond donors (Lipinski definition) is 1. The largest absolute Gasteiger partial charge is 0.381 e. The third-order valence-electron chi connectivity index (χ3n) is 2.77. The maximum atomic E-state index is 12.0. The van der Waals surface area contributed by atoms with E-state index in [4.69, 9.17) is 4.74 Å². The fraction of sp³-hybridized carbons (Fsp3) is 0.455. The molecular weight excluding hydrogens is 224 g/mol. The van der Waals surface area contributed by atoms with Crippen LogP contribution in [-0.2, 0) is 9.53 Å². The highest BCUT2D eigenvalue weighted by atomic mass is 32.1. The number of rotatable bonds is 2. The minimum absolute atomic E-state index is 0.211. The van der Waals surface area contributed by atoms with Gasteiger partial charge in [0.25, 0.3) is 0 Å². The molecule has 0 aromatic carbocycles. The van der Waals surface area contributed by atoms with Crippen molar-refractivity contribution in [1.82, 2.24) is 0 Å². The quantitative estimate of drug-likeness (QED) is 0.854. The minimum Gasteiger partial charge on any atom is -0.381 e. The van der Waals surface area contributed by atoms with Crippen LogP contribution >= 0.6 is 11.3 Å². The molecule has 1 aliphatic rings. The zero-order valence-electron chi connectivity index (χ0n) is 8.73. The Kier molecular flexibility index (Phi) is 3.22. The first-order valence-corrected chi connectivity index (χ1v) is 6.04. The van der Waals surface area contributed by atoms with Crippen molar-refractivity contribution in [1.29, 1.82) is 5.26 Å². The Labute approximate surface area is 97.8 Å². The summed E-state index contributed by atoms with van der Waals surface area (Å²) in [5, 5.41) is 15.7. The Morgan fingerprint density at radius 3 is 2.88 bits per heavy atom. The summed E-state index contributed by atoms with van der Waals surface area (Å²) in [7, 11) is 0. The molecule has 1 fully saturated rings. The second kappa shape index (κ2) is 4.64. The van der Waals surface area contributed by atoms with Gasteiger partial charge in [-0.15, -0.1) is 0 Å². The third kappa shape index (κ3) is 2.08. The summed E-state index contributed by atoms with van der Waals surface area (Å²) in [5.41, 5.74) is -0.156. The van der Waals surface area contributed by atoms with Crippen LogP contribution in [0.5, 0.6) is 0 Å². The Morgan fingerprint density at radius 1 is 1.56 bits per heavy atom. The topological polar surface area (TPSA) is 62.1 Å². The summed E-state index contributed by atoms with van der Waals surface area (Å²) < 4.78 is 5.18. The van der Waals surface area contributed by atoms with Crippen molar-refractivity contribution in [3.05, 3.63) is 16.8 Å². The van der Waals surface area contributed by atoms with E-state index >= 15 is 0 Å². The fourth-order valence-corrected chi connectivity index (χ4v) is 2.28. The van der Waals surface area contributed by atoms with Crippen LogP contribution in [0.25, 0.3) is 0 Å². The average Bonchev–Trinajstić information content (AvgIpc) is 2.82. The Hall–Kier alpha value is -1.38. The molecule has 1 aromatic rings. The normalized spacial score (nSPS) is 18.7.